The Morgan fingerprint density at radius 2 is 1.96 bits per heavy atom. The van der Waals surface area contributed by atoms with E-state index in [0.717, 1.165) is 5.56 Å². The second-order valence-corrected chi connectivity index (χ2v) is 5.20. The molecular weight excluding hydrogens is 296 g/mol. The van der Waals surface area contributed by atoms with Crippen LogP contribution in [0, 0.1) is 0 Å². The van der Waals surface area contributed by atoms with Crippen LogP contribution in [0.4, 0.5) is 0 Å². The van der Waals surface area contributed by atoms with Gasteiger partial charge in [-0.15, -0.1) is 0 Å². The lowest BCUT2D eigenvalue weighted by Gasteiger charge is -2.31. The predicted molar refractivity (Wildman–Crippen MR) is 83.6 cm³/mol. The lowest BCUT2D eigenvalue weighted by molar-refractivity contribution is -0.133. The van der Waals surface area contributed by atoms with Crippen LogP contribution in [0.5, 0.6) is 17.4 Å². The molecule has 120 valence electrons. The Morgan fingerprint density at radius 3 is 2.70 bits per heavy atom. The molecule has 0 radical (unpaired) electrons. The number of nitrogens with zero attached hydrogens (tertiary/aromatic N) is 1. The quantitative estimate of drug-likeness (QED) is 0.934. The van der Waals surface area contributed by atoms with Crippen molar-refractivity contribution in [3.63, 3.8) is 0 Å². The molecule has 2 heterocycles. The molecule has 0 aliphatic carbocycles. The molecule has 0 spiro atoms. The van der Waals surface area contributed by atoms with Crippen molar-refractivity contribution in [2.75, 3.05) is 7.11 Å². The SMILES string of the molecule is COc1ncccc1CNC(=O)[C@H]1Oc2ccccc2O[C@H]1C. The molecule has 23 heavy (non-hydrogen) atoms. The summed E-state index contributed by atoms with van der Waals surface area (Å²) in [7, 11) is 1.55. The monoisotopic (exact) mass is 314 g/mol. The van der Waals surface area contributed by atoms with Crippen molar-refractivity contribution in [3.8, 4) is 17.4 Å². The molecule has 0 saturated heterocycles. The molecule has 3 rings (SSSR count). The molecule has 1 aromatic carbocycles. The first-order valence-electron chi connectivity index (χ1n) is 7.37. The largest absolute Gasteiger partial charge is 0.482 e. The minimum absolute atomic E-state index is 0.238. The maximum Gasteiger partial charge on any atom is 0.265 e. The van der Waals surface area contributed by atoms with E-state index in [1.54, 1.807) is 25.4 Å². The summed E-state index contributed by atoms with van der Waals surface area (Å²) in [5, 5.41) is 2.84. The molecule has 0 saturated carbocycles. The van der Waals surface area contributed by atoms with Crippen molar-refractivity contribution >= 4 is 5.91 Å². The van der Waals surface area contributed by atoms with Gasteiger partial charge in [-0.3, -0.25) is 4.79 Å². The van der Waals surface area contributed by atoms with Gasteiger partial charge in [0.15, 0.2) is 11.5 Å². The number of aromatic nitrogens is 1. The number of para-hydroxylation sites is 2. The van der Waals surface area contributed by atoms with Gasteiger partial charge in [-0.1, -0.05) is 18.2 Å². The first kappa shape index (κ1) is 15.1. The third-order valence-corrected chi connectivity index (χ3v) is 3.60. The first-order valence-corrected chi connectivity index (χ1v) is 7.37. The first-order chi connectivity index (χ1) is 11.2. The van der Waals surface area contributed by atoms with Gasteiger partial charge in [0.25, 0.3) is 5.91 Å². The highest BCUT2D eigenvalue weighted by Gasteiger charge is 2.33. The predicted octanol–water partition coefficient (Wildman–Crippen LogP) is 1.93. The number of carbonyl (C=O) groups is 1. The summed E-state index contributed by atoms with van der Waals surface area (Å²) in [6.45, 7) is 2.12. The summed E-state index contributed by atoms with van der Waals surface area (Å²) in [6.07, 6.45) is 0.564. The third-order valence-electron chi connectivity index (χ3n) is 3.60. The van der Waals surface area contributed by atoms with Gasteiger partial charge in [-0.05, 0) is 25.1 Å². The van der Waals surface area contributed by atoms with Gasteiger partial charge >= 0.3 is 0 Å². The highest BCUT2D eigenvalue weighted by atomic mass is 16.6. The summed E-state index contributed by atoms with van der Waals surface area (Å²) in [5.74, 6) is 1.48. The van der Waals surface area contributed by atoms with Gasteiger partial charge in [-0.2, -0.15) is 0 Å². The molecule has 2 aromatic rings. The van der Waals surface area contributed by atoms with E-state index in [1.165, 1.54) is 0 Å². The number of amides is 1. The fraction of sp³-hybridized carbons (Fsp3) is 0.294. The Balaban J connectivity index is 1.67. The van der Waals surface area contributed by atoms with Crippen molar-refractivity contribution in [3.05, 3.63) is 48.2 Å². The highest BCUT2D eigenvalue weighted by Crippen LogP contribution is 2.33. The zero-order valence-corrected chi connectivity index (χ0v) is 13.0. The van der Waals surface area contributed by atoms with Crippen LogP contribution < -0.4 is 19.5 Å². The van der Waals surface area contributed by atoms with Crippen molar-refractivity contribution in [1.29, 1.82) is 0 Å². The fourth-order valence-corrected chi connectivity index (χ4v) is 2.43. The molecule has 1 aliphatic heterocycles. The smallest absolute Gasteiger partial charge is 0.265 e. The van der Waals surface area contributed by atoms with E-state index in [9.17, 15) is 4.79 Å². The van der Waals surface area contributed by atoms with Crippen molar-refractivity contribution in [2.24, 2.45) is 0 Å². The number of hydrogen-bond donors (Lipinski definition) is 1. The molecule has 6 nitrogen and oxygen atoms in total. The van der Waals surface area contributed by atoms with E-state index in [4.69, 9.17) is 14.2 Å². The van der Waals surface area contributed by atoms with Crippen LogP contribution in [0.3, 0.4) is 0 Å². The van der Waals surface area contributed by atoms with Gasteiger partial charge in [0.2, 0.25) is 12.0 Å². The topological polar surface area (TPSA) is 69.7 Å². The molecule has 6 heteroatoms. The molecular formula is C17H18N2O4. The van der Waals surface area contributed by atoms with E-state index in [2.05, 4.69) is 10.3 Å². The molecule has 2 atom stereocenters. The van der Waals surface area contributed by atoms with Crippen LogP contribution in [0.15, 0.2) is 42.6 Å². The number of hydrogen-bond acceptors (Lipinski definition) is 5. The van der Waals surface area contributed by atoms with E-state index < -0.39 is 6.10 Å². The minimum Gasteiger partial charge on any atom is -0.482 e. The normalized spacial score (nSPS) is 19.0. The molecule has 0 bridgehead atoms. The van der Waals surface area contributed by atoms with Gasteiger partial charge < -0.3 is 19.5 Å². The third kappa shape index (κ3) is 3.21. The molecule has 1 aliphatic rings. The highest BCUT2D eigenvalue weighted by molar-refractivity contribution is 5.82. The van der Waals surface area contributed by atoms with Crippen LogP contribution in [0.1, 0.15) is 12.5 Å². The summed E-state index contributed by atoms with van der Waals surface area (Å²) < 4.78 is 16.7. The number of methoxy groups -OCH3 is 1. The van der Waals surface area contributed by atoms with Crippen molar-refractivity contribution in [2.45, 2.75) is 25.7 Å². The summed E-state index contributed by atoms with van der Waals surface area (Å²) >= 11 is 0. The van der Waals surface area contributed by atoms with Gasteiger partial charge in [0.1, 0.15) is 6.10 Å². The van der Waals surface area contributed by atoms with Crippen LogP contribution >= 0.6 is 0 Å². The standard InChI is InChI=1S/C17H18N2O4/c1-11-15(23-14-8-4-3-7-13(14)22-11)16(20)19-10-12-6-5-9-18-17(12)21-2/h3-9,11,15H,10H2,1-2H3,(H,19,20)/t11-,15-/m0/s1. The summed E-state index contributed by atoms with van der Waals surface area (Å²) in [5.41, 5.74) is 0.799. The van der Waals surface area contributed by atoms with E-state index in [-0.39, 0.29) is 12.0 Å². The second kappa shape index (κ2) is 6.56. The van der Waals surface area contributed by atoms with Crippen LogP contribution in [-0.2, 0) is 11.3 Å². The summed E-state index contributed by atoms with van der Waals surface area (Å²) in [4.78, 5) is 16.5. The lowest BCUT2D eigenvalue weighted by Crippen LogP contribution is -2.48. The number of carbonyl (C=O) groups excluding carboxylic acids is 1. The maximum absolute atomic E-state index is 12.4. The number of pyridine rings is 1. The number of rotatable bonds is 4. The molecule has 1 aromatic heterocycles. The Morgan fingerprint density at radius 1 is 1.22 bits per heavy atom. The number of ether oxygens (including phenoxy) is 3. The Hall–Kier alpha value is -2.76. The zero-order chi connectivity index (χ0) is 16.2. The van der Waals surface area contributed by atoms with Crippen LogP contribution in [0.2, 0.25) is 0 Å². The Bertz CT molecular complexity index is 704. The maximum atomic E-state index is 12.4. The fourth-order valence-electron chi connectivity index (χ4n) is 2.43. The molecule has 0 unspecified atom stereocenters. The summed E-state index contributed by atoms with van der Waals surface area (Å²) in [6, 6.07) is 11.0. The minimum atomic E-state index is -0.701. The van der Waals surface area contributed by atoms with Gasteiger partial charge in [0.05, 0.1) is 7.11 Å². The average Bonchev–Trinajstić information content (AvgIpc) is 2.59. The lowest BCUT2D eigenvalue weighted by atomic mass is 10.1. The number of nitrogens with one attached hydrogen (secondary N) is 1. The van der Waals surface area contributed by atoms with Gasteiger partial charge in [0, 0.05) is 18.3 Å². The van der Waals surface area contributed by atoms with Crippen molar-refractivity contribution in [1.82, 2.24) is 10.3 Å². The Labute approximate surface area is 134 Å². The molecule has 1 amide bonds. The average molecular weight is 314 g/mol. The van der Waals surface area contributed by atoms with Crippen molar-refractivity contribution < 1.29 is 19.0 Å². The van der Waals surface area contributed by atoms with E-state index in [1.807, 2.05) is 31.2 Å². The molecule has 1 N–H and O–H groups in total. The van der Waals surface area contributed by atoms with Crippen LogP contribution in [0.25, 0.3) is 0 Å². The van der Waals surface area contributed by atoms with E-state index in [0.29, 0.717) is 23.9 Å². The van der Waals surface area contributed by atoms with Gasteiger partial charge in [-0.25, -0.2) is 4.98 Å². The Kier molecular flexibility index (Phi) is 4.32. The zero-order valence-electron chi connectivity index (χ0n) is 13.0. The number of fused-ring (bicyclic) bond motifs is 1. The second-order valence-electron chi connectivity index (χ2n) is 5.20. The molecule has 0 fully saturated rings. The number of benzene rings is 1. The van der Waals surface area contributed by atoms with E-state index >= 15 is 0 Å². The van der Waals surface area contributed by atoms with Crippen LogP contribution in [-0.4, -0.2) is 30.2 Å².